The highest BCUT2D eigenvalue weighted by atomic mass is 16.5. The lowest BCUT2D eigenvalue weighted by atomic mass is 10.4. The third-order valence-corrected chi connectivity index (χ3v) is 2.01. The fourth-order valence-electron chi connectivity index (χ4n) is 1.13. The number of nitrogens with one attached hydrogen (secondary N) is 2. The van der Waals surface area contributed by atoms with Gasteiger partial charge in [0, 0.05) is 12.1 Å². The van der Waals surface area contributed by atoms with Crippen LogP contribution in [0.5, 0.6) is 0 Å². The van der Waals surface area contributed by atoms with Crippen molar-refractivity contribution in [3.63, 3.8) is 0 Å². The molecule has 0 atom stereocenters. The number of hydrogen-bond donors (Lipinski definition) is 2. The van der Waals surface area contributed by atoms with Crippen molar-refractivity contribution >= 4 is 6.03 Å². The van der Waals surface area contributed by atoms with Crippen LogP contribution in [0.4, 0.5) is 4.79 Å². The Kier molecular flexibility index (Phi) is 2.39. The summed E-state index contributed by atoms with van der Waals surface area (Å²) in [5, 5.41) is 9.24. The number of urea groups is 1. The van der Waals surface area contributed by atoms with Crippen molar-refractivity contribution in [3.05, 3.63) is 17.5 Å². The van der Waals surface area contributed by atoms with Gasteiger partial charge in [-0.25, -0.2) is 4.79 Å². The molecule has 14 heavy (non-hydrogen) atoms. The van der Waals surface area contributed by atoms with Crippen LogP contribution in [0.2, 0.25) is 0 Å². The molecule has 1 fully saturated rings. The van der Waals surface area contributed by atoms with Crippen LogP contribution in [-0.4, -0.2) is 17.2 Å². The molecule has 0 saturated heterocycles. The summed E-state index contributed by atoms with van der Waals surface area (Å²) in [6.07, 6.45) is 2.18. The molecule has 1 aliphatic rings. The van der Waals surface area contributed by atoms with Gasteiger partial charge >= 0.3 is 6.03 Å². The average Bonchev–Trinajstić information content (AvgIpc) is 2.85. The summed E-state index contributed by atoms with van der Waals surface area (Å²) < 4.78 is 4.94. The Morgan fingerprint density at radius 3 is 3.07 bits per heavy atom. The quantitative estimate of drug-likeness (QED) is 0.754. The molecular formula is C9H13N3O2. The Balaban J connectivity index is 1.73. The van der Waals surface area contributed by atoms with E-state index >= 15 is 0 Å². The first-order chi connectivity index (χ1) is 6.74. The highest BCUT2D eigenvalue weighted by Gasteiger charge is 2.22. The summed E-state index contributed by atoms with van der Waals surface area (Å²) >= 11 is 0. The number of nitrogens with zero attached hydrogens (tertiary/aromatic N) is 1. The van der Waals surface area contributed by atoms with Crippen LogP contribution in [0.25, 0.3) is 0 Å². The van der Waals surface area contributed by atoms with Gasteiger partial charge in [-0.05, 0) is 19.8 Å². The van der Waals surface area contributed by atoms with Crippen LogP contribution in [0, 0.1) is 6.92 Å². The van der Waals surface area contributed by atoms with Crippen molar-refractivity contribution in [2.24, 2.45) is 0 Å². The van der Waals surface area contributed by atoms with Crippen LogP contribution in [0.1, 0.15) is 24.3 Å². The standard InChI is InChI=1S/C9H13N3O2/c1-6-4-8(14-12-6)5-10-9(13)11-7-2-3-7/h4,7H,2-3,5H2,1H3,(H2,10,11,13). The Morgan fingerprint density at radius 1 is 1.71 bits per heavy atom. The van der Waals surface area contributed by atoms with Crippen LogP contribution in [0.3, 0.4) is 0 Å². The lowest BCUT2D eigenvalue weighted by molar-refractivity contribution is 0.238. The zero-order valence-electron chi connectivity index (χ0n) is 8.04. The van der Waals surface area contributed by atoms with Crippen LogP contribution in [0.15, 0.2) is 10.6 Å². The molecule has 1 heterocycles. The molecule has 1 aromatic heterocycles. The van der Waals surface area contributed by atoms with Gasteiger partial charge in [0.25, 0.3) is 0 Å². The average molecular weight is 195 g/mol. The molecular weight excluding hydrogens is 182 g/mol. The zero-order valence-corrected chi connectivity index (χ0v) is 8.04. The third kappa shape index (κ3) is 2.48. The van der Waals surface area contributed by atoms with Gasteiger partial charge in [-0.2, -0.15) is 0 Å². The van der Waals surface area contributed by atoms with E-state index in [1.54, 1.807) is 6.07 Å². The van der Waals surface area contributed by atoms with Gasteiger partial charge in [0.05, 0.1) is 12.2 Å². The molecule has 0 aromatic carbocycles. The predicted molar refractivity (Wildman–Crippen MR) is 49.6 cm³/mol. The SMILES string of the molecule is Cc1cc(CNC(=O)NC2CC2)on1. The largest absolute Gasteiger partial charge is 0.359 e. The van der Waals surface area contributed by atoms with Gasteiger partial charge in [0.15, 0.2) is 5.76 Å². The van der Waals surface area contributed by atoms with Gasteiger partial charge < -0.3 is 15.2 Å². The number of carbonyl (C=O) groups excluding carboxylic acids is 1. The van der Waals surface area contributed by atoms with Gasteiger partial charge in [0.2, 0.25) is 0 Å². The van der Waals surface area contributed by atoms with Crippen LogP contribution < -0.4 is 10.6 Å². The fourth-order valence-corrected chi connectivity index (χ4v) is 1.13. The molecule has 0 bridgehead atoms. The van der Waals surface area contributed by atoms with Crippen molar-refractivity contribution in [1.82, 2.24) is 15.8 Å². The number of hydrogen-bond acceptors (Lipinski definition) is 3. The van der Waals surface area contributed by atoms with Gasteiger partial charge in [-0.15, -0.1) is 0 Å². The third-order valence-electron chi connectivity index (χ3n) is 2.01. The summed E-state index contributed by atoms with van der Waals surface area (Å²) in [5.74, 6) is 0.674. The number of amides is 2. The molecule has 0 radical (unpaired) electrons. The Labute approximate surface area is 81.8 Å². The normalized spacial score (nSPS) is 15.2. The number of carbonyl (C=O) groups is 1. The van der Waals surface area contributed by atoms with Crippen LogP contribution >= 0.6 is 0 Å². The Morgan fingerprint density at radius 2 is 2.50 bits per heavy atom. The summed E-state index contributed by atoms with van der Waals surface area (Å²) in [4.78, 5) is 11.2. The minimum Gasteiger partial charge on any atom is -0.359 e. The molecule has 2 rings (SSSR count). The Hall–Kier alpha value is -1.52. The second-order valence-corrected chi connectivity index (χ2v) is 3.54. The monoisotopic (exact) mass is 195 g/mol. The molecule has 1 saturated carbocycles. The minimum atomic E-state index is -0.137. The molecule has 5 nitrogen and oxygen atoms in total. The highest BCUT2D eigenvalue weighted by Crippen LogP contribution is 2.18. The topological polar surface area (TPSA) is 67.2 Å². The van der Waals surface area contributed by atoms with Gasteiger partial charge in [-0.3, -0.25) is 0 Å². The molecule has 0 aliphatic heterocycles. The van der Waals surface area contributed by atoms with E-state index in [2.05, 4.69) is 15.8 Å². The molecule has 2 N–H and O–H groups in total. The first-order valence-electron chi connectivity index (χ1n) is 4.70. The second-order valence-electron chi connectivity index (χ2n) is 3.54. The fraction of sp³-hybridized carbons (Fsp3) is 0.556. The van der Waals surface area contributed by atoms with Crippen molar-refractivity contribution in [3.8, 4) is 0 Å². The lowest BCUT2D eigenvalue weighted by Gasteiger charge is -2.03. The smallest absolute Gasteiger partial charge is 0.315 e. The molecule has 0 unspecified atom stereocenters. The number of rotatable bonds is 3. The van der Waals surface area contributed by atoms with Gasteiger partial charge in [-0.1, -0.05) is 5.16 Å². The Bertz CT molecular complexity index is 331. The maximum Gasteiger partial charge on any atom is 0.315 e. The van der Waals surface area contributed by atoms with E-state index in [1.807, 2.05) is 6.92 Å². The zero-order chi connectivity index (χ0) is 9.97. The molecule has 2 amide bonds. The van der Waals surface area contributed by atoms with Crippen molar-refractivity contribution in [1.29, 1.82) is 0 Å². The predicted octanol–water partition coefficient (Wildman–Crippen LogP) is 0.945. The minimum absolute atomic E-state index is 0.137. The van der Waals surface area contributed by atoms with E-state index < -0.39 is 0 Å². The lowest BCUT2D eigenvalue weighted by Crippen LogP contribution is -2.36. The highest BCUT2D eigenvalue weighted by molar-refractivity contribution is 5.74. The summed E-state index contributed by atoms with van der Waals surface area (Å²) in [6, 6.07) is 2.05. The maximum absolute atomic E-state index is 11.2. The van der Waals surface area contributed by atoms with Crippen molar-refractivity contribution < 1.29 is 9.32 Å². The van der Waals surface area contributed by atoms with E-state index in [0.29, 0.717) is 18.3 Å². The molecule has 5 heteroatoms. The summed E-state index contributed by atoms with van der Waals surface area (Å²) in [6.45, 7) is 2.23. The number of aryl methyl sites for hydroxylation is 1. The van der Waals surface area contributed by atoms with Crippen molar-refractivity contribution in [2.45, 2.75) is 32.4 Å². The second kappa shape index (κ2) is 3.69. The van der Waals surface area contributed by atoms with E-state index in [1.165, 1.54) is 0 Å². The van der Waals surface area contributed by atoms with Crippen molar-refractivity contribution in [2.75, 3.05) is 0 Å². The van der Waals surface area contributed by atoms with E-state index in [0.717, 1.165) is 18.5 Å². The summed E-state index contributed by atoms with van der Waals surface area (Å²) in [7, 11) is 0. The van der Waals surface area contributed by atoms with Gasteiger partial charge in [0.1, 0.15) is 0 Å². The molecule has 76 valence electrons. The van der Waals surface area contributed by atoms with Crippen LogP contribution in [-0.2, 0) is 6.54 Å². The van der Waals surface area contributed by atoms with E-state index in [4.69, 9.17) is 4.52 Å². The number of aromatic nitrogens is 1. The molecule has 1 aliphatic carbocycles. The maximum atomic E-state index is 11.2. The van der Waals surface area contributed by atoms with E-state index in [9.17, 15) is 4.79 Å². The molecule has 0 spiro atoms. The summed E-state index contributed by atoms with van der Waals surface area (Å²) in [5.41, 5.74) is 0.824. The van der Waals surface area contributed by atoms with E-state index in [-0.39, 0.29) is 6.03 Å². The molecule has 1 aromatic rings. The first kappa shape index (κ1) is 9.05. The first-order valence-corrected chi connectivity index (χ1v) is 4.70.